The van der Waals surface area contributed by atoms with E-state index in [4.69, 9.17) is 22.8 Å². The fourth-order valence-corrected chi connectivity index (χ4v) is 3.25. The van der Waals surface area contributed by atoms with E-state index in [0.717, 1.165) is 33.6 Å². The first-order chi connectivity index (χ1) is 16.6. The van der Waals surface area contributed by atoms with Crippen LogP contribution in [0.25, 0.3) is 11.1 Å². The molecule has 2 aromatic heterocycles. The Morgan fingerprint density at radius 1 is 0.857 bits per heavy atom. The van der Waals surface area contributed by atoms with E-state index in [2.05, 4.69) is 57.6 Å². The van der Waals surface area contributed by atoms with Crippen molar-refractivity contribution in [3.05, 3.63) is 89.9 Å². The lowest BCUT2D eigenvalue weighted by molar-refractivity contribution is 0.381. The Kier molecular flexibility index (Phi) is 8.06. The van der Waals surface area contributed by atoms with Crippen LogP contribution in [0.2, 0.25) is 0 Å². The monoisotopic (exact) mass is 490 g/mol. The smallest absolute Gasteiger partial charge is 0.340 e. The largest absolute Gasteiger partial charge is 0.394 e. The fraction of sp³-hybridized carbons (Fsp3) is 0.0833. The number of anilines is 4. The molecule has 0 saturated heterocycles. The predicted octanol–water partition coefficient (Wildman–Crippen LogP) is 4.86. The number of pyridine rings is 1. The van der Waals surface area contributed by atoms with Crippen molar-refractivity contribution in [3.63, 3.8) is 0 Å². The molecule has 0 fully saturated rings. The molecule has 4 N–H and O–H groups in total. The van der Waals surface area contributed by atoms with Gasteiger partial charge in [0.25, 0.3) is 0 Å². The van der Waals surface area contributed by atoms with Gasteiger partial charge in [-0.25, -0.2) is 4.98 Å². The van der Waals surface area contributed by atoms with E-state index in [1.807, 2.05) is 30.3 Å². The van der Waals surface area contributed by atoms with Crippen molar-refractivity contribution in [1.29, 1.82) is 5.26 Å². The van der Waals surface area contributed by atoms with Crippen molar-refractivity contribution in [2.75, 3.05) is 10.6 Å². The summed E-state index contributed by atoms with van der Waals surface area (Å²) < 4.78 is 31.6. The van der Waals surface area contributed by atoms with Crippen molar-refractivity contribution < 1.29 is 17.5 Å². The second kappa shape index (κ2) is 11.2. The predicted molar refractivity (Wildman–Crippen MR) is 133 cm³/mol. The number of nitrogens with zero attached hydrogens (tertiary/aromatic N) is 4. The second-order valence-corrected chi connectivity index (χ2v) is 8.27. The molecule has 0 bridgehead atoms. The molecule has 0 radical (unpaired) electrons. The summed E-state index contributed by atoms with van der Waals surface area (Å²) in [4.78, 5) is 12.9. The maximum atomic E-state index is 8.92. The molecule has 0 aliphatic carbocycles. The van der Waals surface area contributed by atoms with Gasteiger partial charge in [-0.05, 0) is 90.7 Å². The molecule has 4 rings (SSSR count). The maximum absolute atomic E-state index is 8.92. The van der Waals surface area contributed by atoms with E-state index < -0.39 is 10.4 Å². The van der Waals surface area contributed by atoms with E-state index in [0.29, 0.717) is 17.3 Å². The van der Waals surface area contributed by atoms with Gasteiger partial charge in [-0.3, -0.25) is 14.1 Å². The van der Waals surface area contributed by atoms with Gasteiger partial charge < -0.3 is 10.6 Å². The molecule has 11 heteroatoms. The van der Waals surface area contributed by atoms with Crippen molar-refractivity contribution in [3.8, 4) is 17.2 Å². The molecule has 35 heavy (non-hydrogen) atoms. The van der Waals surface area contributed by atoms with Gasteiger partial charge in [0.15, 0.2) is 0 Å². The average Bonchev–Trinajstić information content (AvgIpc) is 2.81. The first-order valence-corrected chi connectivity index (χ1v) is 11.6. The summed E-state index contributed by atoms with van der Waals surface area (Å²) >= 11 is 0. The first-order valence-electron chi connectivity index (χ1n) is 10.2. The van der Waals surface area contributed by atoms with Gasteiger partial charge in [0.1, 0.15) is 5.82 Å². The molecule has 0 aliphatic heterocycles. The van der Waals surface area contributed by atoms with Gasteiger partial charge >= 0.3 is 10.4 Å². The number of nitrogens with one attached hydrogen (secondary N) is 2. The van der Waals surface area contributed by atoms with E-state index in [-0.39, 0.29) is 0 Å². The zero-order valence-corrected chi connectivity index (χ0v) is 19.7. The van der Waals surface area contributed by atoms with Crippen LogP contribution >= 0.6 is 0 Å². The zero-order chi connectivity index (χ0) is 25.4. The van der Waals surface area contributed by atoms with Crippen molar-refractivity contribution >= 4 is 33.5 Å². The third-order valence-electron chi connectivity index (χ3n) is 4.73. The summed E-state index contributed by atoms with van der Waals surface area (Å²) in [5, 5.41) is 15.5. The summed E-state index contributed by atoms with van der Waals surface area (Å²) in [6.07, 6.45) is 5.31. The Hall–Kier alpha value is -4.37. The molecular formula is C24H22N6O4S. The molecule has 0 atom stereocenters. The molecule has 4 aromatic rings. The zero-order valence-electron chi connectivity index (χ0n) is 18.8. The summed E-state index contributed by atoms with van der Waals surface area (Å²) in [6.45, 7) is 4.16. The number of benzene rings is 2. The number of aromatic nitrogens is 3. The molecule has 0 spiro atoms. The fourth-order valence-electron chi connectivity index (χ4n) is 3.25. The molecule has 2 aromatic carbocycles. The molecular weight excluding hydrogens is 468 g/mol. The van der Waals surface area contributed by atoms with Crippen LogP contribution in [0.1, 0.15) is 16.7 Å². The van der Waals surface area contributed by atoms with E-state index in [9.17, 15) is 0 Å². The molecule has 0 saturated carbocycles. The highest BCUT2D eigenvalue weighted by Crippen LogP contribution is 2.30. The minimum Gasteiger partial charge on any atom is -0.340 e. The van der Waals surface area contributed by atoms with Crippen molar-refractivity contribution in [2.45, 2.75) is 13.8 Å². The number of rotatable bonds is 5. The standard InChI is InChI=1S/C24H20N6.H2O4S/c1-16-13-20(19-7-10-26-11-8-19)14-17(2)23(16)29-22-9-12-27-24(30-22)28-21-5-3-18(15-25)4-6-21;1-5(2,3)4/h3-14H,1-2H3,(H2,27,28,29,30);(H2,1,2,3,4). The molecule has 2 heterocycles. The third-order valence-corrected chi connectivity index (χ3v) is 4.73. The minimum atomic E-state index is -4.67. The van der Waals surface area contributed by atoms with Gasteiger partial charge in [-0.2, -0.15) is 18.7 Å². The number of nitriles is 1. The van der Waals surface area contributed by atoms with Crippen LogP contribution in [-0.2, 0) is 10.4 Å². The van der Waals surface area contributed by atoms with Crippen LogP contribution in [-0.4, -0.2) is 32.5 Å². The van der Waals surface area contributed by atoms with Crippen LogP contribution in [0, 0.1) is 25.2 Å². The maximum Gasteiger partial charge on any atom is 0.394 e. The Bertz CT molecular complexity index is 1420. The van der Waals surface area contributed by atoms with Gasteiger partial charge in [-0.15, -0.1) is 0 Å². The normalized spacial score (nSPS) is 10.5. The van der Waals surface area contributed by atoms with E-state index in [1.54, 1.807) is 30.7 Å². The summed E-state index contributed by atoms with van der Waals surface area (Å²) in [7, 11) is -4.67. The lowest BCUT2D eigenvalue weighted by Crippen LogP contribution is -2.02. The quantitative estimate of drug-likeness (QED) is 0.284. The Morgan fingerprint density at radius 2 is 1.46 bits per heavy atom. The lowest BCUT2D eigenvalue weighted by atomic mass is 9.99. The highest BCUT2D eigenvalue weighted by molar-refractivity contribution is 7.79. The lowest BCUT2D eigenvalue weighted by Gasteiger charge is -2.15. The van der Waals surface area contributed by atoms with Gasteiger partial charge in [-0.1, -0.05) is 0 Å². The Morgan fingerprint density at radius 3 is 2.03 bits per heavy atom. The first kappa shape index (κ1) is 25.3. The summed E-state index contributed by atoms with van der Waals surface area (Å²) in [5.41, 5.74) is 7.00. The number of hydrogen-bond acceptors (Lipinski definition) is 8. The second-order valence-electron chi connectivity index (χ2n) is 7.37. The molecule has 178 valence electrons. The van der Waals surface area contributed by atoms with Crippen LogP contribution in [0.3, 0.4) is 0 Å². The summed E-state index contributed by atoms with van der Waals surface area (Å²) in [6, 6.07) is 19.4. The van der Waals surface area contributed by atoms with Gasteiger partial charge in [0.2, 0.25) is 5.95 Å². The van der Waals surface area contributed by atoms with Crippen molar-refractivity contribution in [2.24, 2.45) is 0 Å². The molecule has 10 nitrogen and oxygen atoms in total. The van der Waals surface area contributed by atoms with E-state index in [1.165, 1.54) is 0 Å². The molecule has 0 unspecified atom stereocenters. The van der Waals surface area contributed by atoms with Crippen LogP contribution in [0.5, 0.6) is 0 Å². The van der Waals surface area contributed by atoms with Crippen LogP contribution in [0.15, 0.2) is 73.2 Å². The third kappa shape index (κ3) is 7.86. The van der Waals surface area contributed by atoms with Crippen LogP contribution in [0.4, 0.5) is 23.1 Å². The molecule has 0 aliphatic rings. The SMILES string of the molecule is Cc1cc(-c2ccncc2)cc(C)c1Nc1ccnc(Nc2ccc(C#N)cc2)n1.O=S(=O)(O)O. The highest BCUT2D eigenvalue weighted by Gasteiger charge is 2.09. The highest BCUT2D eigenvalue weighted by atomic mass is 32.3. The van der Waals surface area contributed by atoms with Crippen molar-refractivity contribution in [1.82, 2.24) is 15.0 Å². The summed E-state index contributed by atoms with van der Waals surface area (Å²) in [5.74, 6) is 1.18. The average molecular weight is 491 g/mol. The van der Waals surface area contributed by atoms with E-state index >= 15 is 0 Å². The Balaban J connectivity index is 0.000000623. The number of aryl methyl sites for hydroxylation is 2. The van der Waals surface area contributed by atoms with Gasteiger partial charge in [0, 0.05) is 30.0 Å². The minimum absolute atomic E-state index is 0.480. The Labute approximate surface area is 202 Å². The van der Waals surface area contributed by atoms with Gasteiger partial charge in [0.05, 0.1) is 11.6 Å². The number of hydrogen-bond donors (Lipinski definition) is 4. The molecule has 0 amide bonds. The topological polar surface area (TPSA) is 161 Å². The van der Waals surface area contributed by atoms with Crippen LogP contribution < -0.4 is 10.6 Å².